The van der Waals surface area contributed by atoms with Crippen molar-refractivity contribution in [2.75, 3.05) is 10.6 Å². The minimum Gasteiger partial charge on any atom is -0.354 e. The van der Waals surface area contributed by atoms with Crippen molar-refractivity contribution in [2.24, 2.45) is 0 Å². The number of pyridine rings is 1. The van der Waals surface area contributed by atoms with E-state index in [-0.39, 0.29) is 11.7 Å². The lowest BCUT2D eigenvalue weighted by Crippen LogP contribution is -2.13. The fourth-order valence-corrected chi connectivity index (χ4v) is 2.83. The highest BCUT2D eigenvalue weighted by Crippen LogP contribution is 2.19. The summed E-state index contributed by atoms with van der Waals surface area (Å²) in [6.45, 7) is 5.51. The first-order chi connectivity index (χ1) is 12.9. The average Bonchev–Trinajstić information content (AvgIpc) is 2.61. The number of hydrogen-bond acceptors (Lipinski definition) is 4. The Morgan fingerprint density at radius 3 is 2.22 bits per heavy atom. The minimum atomic E-state index is -0.259. The topological polar surface area (TPSA) is 71.1 Å². The van der Waals surface area contributed by atoms with Gasteiger partial charge in [0.15, 0.2) is 5.78 Å². The summed E-state index contributed by atoms with van der Waals surface area (Å²) in [5.41, 5.74) is 5.42. The van der Waals surface area contributed by atoms with Crippen LogP contribution in [0.1, 0.15) is 38.9 Å². The van der Waals surface area contributed by atoms with Crippen LogP contribution in [0, 0.1) is 13.8 Å². The Morgan fingerprint density at radius 1 is 0.852 bits per heavy atom. The Hall–Kier alpha value is -3.47. The zero-order chi connectivity index (χ0) is 19.4. The van der Waals surface area contributed by atoms with E-state index in [0.717, 1.165) is 28.2 Å². The van der Waals surface area contributed by atoms with Gasteiger partial charge in [0, 0.05) is 16.9 Å². The molecule has 3 rings (SSSR count). The van der Waals surface area contributed by atoms with E-state index in [0.29, 0.717) is 11.3 Å². The average molecular weight is 359 g/mol. The second-order valence-corrected chi connectivity index (χ2v) is 6.52. The fourth-order valence-electron chi connectivity index (χ4n) is 2.83. The van der Waals surface area contributed by atoms with Gasteiger partial charge in [0.25, 0.3) is 5.91 Å². The van der Waals surface area contributed by atoms with E-state index in [1.54, 1.807) is 30.5 Å². The van der Waals surface area contributed by atoms with Crippen LogP contribution in [0.15, 0.2) is 60.8 Å². The summed E-state index contributed by atoms with van der Waals surface area (Å²) in [6.07, 6.45) is 1.59. The molecule has 5 nitrogen and oxygen atoms in total. The maximum atomic E-state index is 12.4. The van der Waals surface area contributed by atoms with E-state index in [1.165, 1.54) is 6.92 Å². The fraction of sp³-hybridized carbons (Fsp3) is 0.136. The number of anilines is 3. The smallest absolute Gasteiger partial charge is 0.274 e. The highest BCUT2D eigenvalue weighted by atomic mass is 16.2. The Bertz CT molecular complexity index is 974. The third-order valence-corrected chi connectivity index (χ3v) is 4.03. The zero-order valence-corrected chi connectivity index (χ0v) is 15.5. The number of benzene rings is 2. The second kappa shape index (κ2) is 7.83. The molecule has 0 bridgehead atoms. The van der Waals surface area contributed by atoms with Crippen LogP contribution in [0.5, 0.6) is 0 Å². The van der Waals surface area contributed by atoms with Crippen molar-refractivity contribution < 1.29 is 9.59 Å². The molecule has 0 aliphatic carbocycles. The Morgan fingerprint density at radius 2 is 1.59 bits per heavy atom. The monoisotopic (exact) mass is 359 g/mol. The van der Waals surface area contributed by atoms with Crippen LogP contribution >= 0.6 is 0 Å². The standard InChI is InChI=1S/C22H21N3O2/c1-14-9-15(2)11-20(10-14)25-22(27)21-8-7-19(13-23-21)24-18-6-4-5-17(12-18)16(3)26/h4-13,24H,1-3H3,(H,25,27). The van der Waals surface area contributed by atoms with Crippen LogP contribution < -0.4 is 10.6 Å². The van der Waals surface area contributed by atoms with Crippen molar-refractivity contribution >= 4 is 28.8 Å². The first kappa shape index (κ1) is 18.3. The van der Waals surface area contributed by atoms with Crippen molar-refractivity contribution in [1.82, 2.24) is 4.98 Å². The first-order valence-electron chi connectivity index (χ1n) is 8.64. The lowest BCUT2D eigenvalue weighted by atomic mass is 10.1. The molecule has 0 saturated heterocycles. The van der Waals surface area contributed by atoms with Crippen LogP contribution in [-0.4, -0.2) is 16.7 Å². The quantitative estimate of drug-likeness (QED) is 0.636. The number of Topliss-reactive ketones (excluding diaryl/α,β-unsaturated/α-hetero) is 1. The van der Waals surface area contributed by atoms with E-state index in [1.807, 2.05) is 38.1 Å². The number of ketones is 1. The SMILES string of the molecule is CC(=O)c1cccc(Nc2ccc(C(=O)Nc3cc(C)cc(C)c3)nc2)c1. The minimum absolute atomic E-state index is 0.00943. The van der Waals surface area contributed by atoms with Crippen LogP contribution in [-0.2, 0) is 0 Å². The molecular formula is C22H21N3O2. The molecule has 1 amide bonds. The zero-order valence-electron chi connectivity index (χ0n) is 15.5. The second-order valence-electron chi connectivity index (χ2n) is 6.52. The third-order valence-electron chi connectivity index (χ3n) is 4.03. The molecule has 0 radical (unpaired) electrons. The van der Waals surface area contributed by atoms with E-state index < -0.39 is 0 Å². The van der Waals surface area contributed by atoms with Crippen molar-refractivity contribution in [3.63, 3.8) is 0 Å². The van der Waals surface area contributed by atoms with Gasteiger partial charge in [-0.1, -0.05) is 18.2 Å². The van der Waals surface area contributed by atoms with Crippen molar-refractivity contribution in [1.29, 1.82) is 0 Å². The van der Waals surface area contributed by atoms with Gasteiger partial charge < -0.3 is 10.6 Å². The molecule has 0 aliphatic heterocycles. The van der Waals surface area contributed by atoms with Crippen molar-refractivity contribution in [3.8, 4) is 0 Å². The van der Waals surface area contributed by atoms with Crippen molar-refractivity contribution in [2.45, 2.75) is 20.8 Å². The molecule has 5 heteroatoms. The Balaban J connectivity index is 1.70. The van der Waals surface area contributed by atoms with Crippen molar-refractivity contribution in [3.05, 3.63) is 83.2 Å². The molecule has 0 saturated carbocycles. The van der Waals surface area contributed by atoms with Gasteiger partial charge in [0.2, 0.25) is 0 Å². The molecule has 3 aromatic rings. The van der Waals surface area contributed by atoms with Crippen LogP contribution in [0.25, 0.3) is 0 Å². The lowest BCUT2D eigenvalue weighted by Gasteiger charge is -2.09. The Labute approximate surface area is 158 Å². The predicted molar refractivity (Wildman–Crippen MR) is 108 cm³/mol. The number of nitrogens with one attached hydrogen (secondary N) is 2. The van der Waals surface area contributed by atoms with Crippen LogP contribution in [0.3, 0.4) is 0 Å². The highest BCUT2D eigenvalue weighted by Gasteiger charge is 2.09. The van der Waals surface area contributed by atoms with Gasteiger partial charge in [-0.3, -0.25) is 9.59 Å². The van der Waals surface area contributed by atoms with E-state index in [9.17, 15) is 9.59 Å². The van der Waals surface area contributed by atoms with Gasteiger partial charge >= 0.3 is 0 Å². The van der Waals surface area contributed by atoms with Crippen LogP contribution in [0.4, 0.5) is 17.1 Å². The van der Waals surface area contributed by atoms with Gasteiger partial charge in [0.1, 0.15) is 5.69 Å². The highest BCUT2D eigenvalue weighted by molar-refractivity contribution is 6.03. The first-order valence-corrected chi connectivity index (χ1v) is 8.64. The number of carbonyl (C=O) groups is 2. The predicted octanol–water partition coefficient (Wildman–Crippen LogP) is 4.90. The number of rotatable bonds is 5. The van der Waals surface area contributed by atoms with Gasteiger partial charge in [-0.25, -0.2) is 4.98 Å². The molecule has 1 heterocycles. The number of aromatic nitrogens is 1. The summed E-state index contributed by atoms with van der Waals surface area (Å²) in [6, 6.07) is 16.6. The molecule has 0 aliphatic rings. The molecule has 1 aromatic heterocycles. The largest absolute Gasteiger partial charge is 0.354 e. The molecule has 0 fully saturated rings. The summed E-state index contributed by atoms with van der Waals surface area (Å²) >= 11 is 0. The van der Waals surface area contributed by atoms with E-state index >= 15 is 0 Å². The third kappa shape index (κ3) is 4.79. The molecule has 2 N–H and O–H groups in total. The molecule has 0 spiro atoms. The summed E-state index contributed by atoms with van der Waals surface area (Å²) in [4.78, 5) is 28.1. The normalized spacial score (nSPS) is 10.3. The Kier molecular flexibility index (Phi) is 5.31. The summed E-state index contributed by atoms with van der Waals surface area (Å²) in [5, 5.41) is 6.05. The van der Waals surface area contributed by atoms with E-state index in [4.69, 9.17) is 0 Å². The molecule has 0 unspecified atom stereocenters. The molecule has 2 aromatic carbocycles. The number of carbonyl (C=O) groups excluding carboxylic acids is 2. The maximum absolute atomic E-state index is 12.4. The summed E-state index contributed by atoms with van der Waals surface area (Å²) < 4.78 is 0. The number of nitrogens with zero attached hydrogens (tertiary/aromatic N) is 1. The number of hydrogen-bond donors (Lipinski definition) is 2. The molecule has 27 heavy (non-hydrogen) atoms. The molecule has 0 atom stereocenters. The van der Waals surface area contributed by atoms with E-state index in [2.05, 4.69) is 21.7 Å². The van der Waals surface area contributed by atoms with Gasteiger partial charge in [-0.15, -0.1) is 0 Å². The summed E-state index contributed by atoms with van der Waals surface area (Å²) in [7, 11) is 0. The van der Waals surface area contributed by atoms with Crippen LogP contribution in [0.2, 0.25) is 0 Å². The molecular weight excluding hydrogens is 338 g/mol. The molecule has 136 valence electrons. The van der Waals surface area contributed by atoms with Gasteiger partial charge in [-0.2, -0.15) is 0 Å². The lowest BCUT2D eigenvalue weighted by molar-refractivity contribution is 0.101. The van der Waals surface area contributed by atoms with Gasteiger partial charge in [-0.05, 0) is 68.3 Å². The van der Waals surface area contributed by atoms with Gasteiger partial charge in [0.05, 0.1) is 11.9 Å². The number of amides is 1. The number of aryl methyl sites for hydroxylation is 2. The maximum Gasteiger partial charge on any atom is 0.274 e. The summed E-state index contributed by atoms with van der Waals surface area (Å²) in [5.74, 6) is -0.250.